The standard InChI is InChI=1S/C21H13N3O4/c1-13-15(6-4-8-17(13)24(26)27)19-9-10-20(28-19)21(25)23-12-14(11-22)16-5-2-3-7-18(16)23/h2-10,12H,1H3. The summed E-state index contributed by atoms with van der Waals surface area (Å²) in [6, 6.07) is 17.0. The molecule has 2 aromatic heterocycles. The normalized spacial score (nSPS) is 10.7. The lowest BCUT2D eigenvalue weighted by Gasteiger charge is -2.04. The number of fused-ring (bicyclic) bond motifs is 1. The van der Waals surface area contributed by atoms with Gasteiger partial charge in [-0.05, 0) is 25.1 Å². The second-order valence-corrected chi connectivity index (χ2v) is 6.22. The Labute approximate surface area is 159 Å². The van der Waals surface area contributed by atoms with Crippen LogP contribution in [-0.2, 0) is 0 Å². The molecule has 0 bridgehead atoms. The molecule has 0 N–H and O–H groups in total. The lowest BCUT2D eigenvalue weighted by molar-refractivity contribution is -0.385. The zero-order valence-electron chi connectivity index (χ0n) is 14.7. The van der Waals surface area contributed by atoms with Crippen LogP contribution < -0.4 is 0 Å². The average molecular weight is 371 g/mol. The van der Waals surface area contributed by atoms with E-state index < -0.39 is 10.8 Å². The first-order valence-corrected chi connectivity index (χ1v) is 8.40. The minimum Gasteiger partial charge on any atom is -0.451 e. The Hall–Kier alpha value is -4.18. The van der Waals surface area contributed by atoms with Crippen molar-refractivity contribution in [3.8, 4) is 17.4 Å². The Morgan fingerprint density at radius 1 is 1.14 bits per heavy atom. The minimum absolute atomic E-state index is 0.0168. The number of hydrogen-bond donors (Lipinski definition) is 0. The van der Waals surface area contributed by atoms with Gasteiger partial charge in [0, 0.05) is 28.8 Å². The fraction of sp³-hybridized carbons (Fsp3) is 0.0476. The predicted molar refractivity (Wildman–Crippen MR) is 102 cm³/mol. The molecule has 0 fully saturated rings. The van der Waals surface area contributed by atoms with Gasteiger partial charge in [0.15, 0.2) is 5.76 Å². The highest BCUT2D eigenvalue weighted by molar-refractivity contribution is 6.02. The minimum atomic E-state index is -0.455. The predicted octanol–water partition coefficient (Wildman–Crippen LogP) is 4.68. The number of nitro benzene ring substituents is 1. The second kappa shape index (κ2) is 6.52. The first kappa shape index (κ1) is 17.2. The zero-order chi connectivity index (χ0) is 19.8. The van der Waals surface area contributed by atoms with Gasteiger partial charge in [-0.2, -0.15) is 5.26 Å². The van der Waals surface area contributed by atoms with Crippen molar-refractivity contribution in [1.29, 1.82) is 5.26 Å². The van der Waals surface area contributed by atoms with Crippen LogP contribution in [0, 0.1) is 28.4 Å². The third kappa shape index (κ3) is 2.64. The van der Waals surface area contributed by atoms with Crippen molar-refractivity contribution >= 4 is 22.5 Å². The summed E-state index contributed by atoms with van der Waals surface area (Å²) in [6.07, 6.45) is 1.48. The molecule has 4 rings (SSSR count). The van der Waals surface area contributed by atoms with Gasteiger partial charge in [-0.15, -0.1) is 0 Å². The molecule has 7 nitrogen and oxygen atoms in total. The number of carbonyl (C=O) groups excluding carboxylic acids is 1. The summed E-state index contributed by atoms with van der Waals surface area (Å²) >= 11 is 0. The summed E-state index contributed by atoms with van der Waals surface area (Å²) in [6.45, 7) is 1.64. The van der Waals surface area contributed by atoms with Gasteiger partial charge < -0.3 is 4.42 Å². The molecule has 2 aromatic carbocycles. The van der Waals surface area contributed by atoms with E-state index in [1.54, 1.807) is 49.4 Å². The molecule has 0 aliphatic rings. The highest BCUT2D eigenvalue weighted by atomic mass is 16.6. The summed E-state index contributed by atoms with van der Waals surface area (Å²) in [5.41, 5.74) is 1.98. The van der Waals surface area contributed by atoms with Crippen LogP contribution in [0.2, 0.25) is 0 Å². The fourth-order valence-electron chi connectivity index (χ4n) is 3.24. The van der Waals surface area contributed by atoms with E-state index in [0.29, 0.717) is 33.4 Å². The molecule has 7 heteroatoms. The number of rotatable bonds is 3. The number of hydrogen-bond acceptors (Lipinski definition) is 5. The first-order chi connectivity index (χ1) is 13.5. The van der Waals surface area contributed by atoms with Crippen molar-refractivity contribution in [2.75, 3.05) is 0 Å². The van der Waals surface area contributed by atoms with Gasteiger partial charge in [0.05, 0.1) is 16.0 Å². The van der Waals surface area contributed by atoms with Gasteiger partial charge in [-0.1, -0.05) is 30.3 Å². The first-order valence-electron chi connectivity index (χ1n) is 8.40. The van der Waals surface area contributed by atoms with Gasteiger partial charge in [-0.3, -0.25) is 19.5 Å². The third-order valence-corrected chi connectivity index (χ3v) is 4.64. The molecular formula is C21H13N3O4. The van der Waals surface area contributed by atoms with Crippen LogP contribution in [0.3, 0.4) is 0 Å². The monoisotopic (exact) mass is 371 g/mol. The fourth-order valence-corrected chi connectivity index (χ4v) is 3.24. The van der Waals surface area contributed by atoms with Crippen molar-refractivity contribution in [3.05, 3.63) is 87.8 Å². The Balaban J connectivity index is 1.77. The maximum absolute atomic E-state index is 12.9. The van der Waals surface area contributed by atoms with Crippen LogP contribution in [-0.4, -0.2) is 15.4 Å². The summed E-state index contributed by atoms with van der Waals surface area (Å²) < 4.78 is 7.09. The van der Waals surface area contributed by atoms with Crippen molar-refractivity contribution in [3.63, 3.8) is 0 Å². The quantitative estimate of drug-likeness (QED) is 0.384. The molecular weight excluding hydrogens is 358 g/mol. The lowest BCUT2D eigenvalue weighted by Crippen LogP contribution is -2.09. The van der Waals surface area contributed by atoms with E-state index in [9.17, 15) is 20.2 Å². The van der Waals surface area contributed by atoms with Gasteiger partial charge in [0.2, 0.25) is 0 Å². The Morgan fingerprint density at radius 2 is 1.93 bits per heavy atom. The van der Waals surface area contributed by atoms with Crippen LogP contribution in [0.5, 0.6) is 0 Å². The van der Waals surface area contributed by atoms with Crippen LogP contribution in [0.4, 0.5) is 5.69 Å². The van der Waals surface area contributed by atoms with E-state index in [2.05, 4.69) is 6.07 Å². The molecule has 0 atom stereocenters. The Morgan fingerprint density at radius 3 is 2.68 bits per heavy atom. The number of para-hydroxylation sites is 1. The maximum atomic E-state index is 12.9. The smallest absolute Gasteiger partial charge is 0.298 e. The van der Waals surface area contributed by atoms with Crippen molar-refractivity contribution < 1.29 is 14.1 Å². The molecule has 0 unspecified atom stereocenters. The van der Waals surface area contributed by atoms with E-state index in [1.807, 2.05) is 0 Å². The Kier molecular flexibility index (Phi) is 4.02. The van der Waals surface area contributed by atoms with E-state index >= 15 is 0 Å². The van der Waals surface area contributed by atoms with Crippen LogP contribution in [0.1, 0.15) is 21.7 Å². The summed E-state index contributed by atoms with van der Waals surface area (Å²) in [5.74, 6) is 0.0136. The largest absolute Gasteiger partial charge is 0.451 e. The third-order valence-electron chi connectivity index (χ3n) is 4.64. The number of nitrogens with zero attached hydrogens (tertiary/aromatic N) is 3. The number of nitriles is 1. The van der Waals surface area contributed by atoms with Crippen LogP contribution in [0.25, 0.3) is 22.2 Å². The van der Waals surface area contributed by atoms with E-state index in [1.165, 1.54) is 22.9 Å². The topological polar surface area (TPSA) is 102 Å². The van der Waals surface area contributed by atoms with E-state index in [0.717, 1.165) is 0 Å². The molecule has 0 radical (unpaired) electrons. The molecule has 0 amide bonds. The van der Waals surface area contributed by atoms with E-state index in [-0.39, 0.29) is 11.4 Å². The summed E-state index contributed by atoms with van der Waals surface area (Å²) in [4.78, 5) is 23.6. The zero-order valence-corrected chi connectivity index (χ0v) is 14.7. The van der Waals surface area contributed by atoms with Crippen molar-refractivity contribution in [2.45, 2.75) is 6.92 Å². The average Bonchev–Trinajstić information content (AvgIpc) is 3.32. The van der Waals surface area contributed by atoms with Gasteiger partial charge in [0.1, 0.15) is 11.8 Å². The molecule has 0 aliphatic carbocycles. The molecule has 28 heavy (non-hydrogen) atoms. The Bertz CT molecular complexity index is 1290. The molecule has 0 saturated carbocycles. The summed E-state index contributed by atoms with van der Waals surface area (Å²) in [5, 5.41) is 21.1. The highest BCUT2D eigenvalue weighted by Gasteiger charge is 2.21. The van der Waals surface area contributed by atoms with Gasteiger partial charge >= 0.3 is 0 Å². The number of nitro groups is 1. The van der Waals surface area contributed by atoms with Crippen LogP contribution >= 0.6 is 0 Å². The molecule has 0 spiro atoms. The number of furan rings is 1. The maximum Gasteiger partial charge on any atom is 0.298 e. The van der Waals surface area contributed by atoms with Crippen molar-refractivity contribution in [2.24, 2.45) is 0 Å². The second-order valence-electron chi connectivity index (χ2n) is 6.22. The number of carbonyl (C=O) groups is 1. The van der Waals surface area contributed by atoms with E-state index in [4.69, 9.17) is 4.42 Å². The van der Waals surface area contributed by atoms with Gasteiger partial charge in [0.25, 0.3) is 11.6 Å². The number of aromatic nitrogens is 1. The molecule has 0 saturated heterocycles. The SMILES string of the molecule is Cc1c(-c2ccc(C(=O)n3cc(C#N)c4ccccc43)o2)cccc1[N+](=O)[O-]. The molecule has 136 valence electrons. The van der Waals surface area contributed by atoms with Crippen LogP contribution in [0.15, 0.2) is 65.2 Å². The summed E-state index contributed by atoms with van der Waals surface area (Å²) in [7, 11) is 0. The molecule has 2 heterocycles. The lowest BCUT2D eigenvalue weighted by atomic mass is 10.1. The number of benzene rings is 2. The van der Waals surface area contributed by atoms with Crippen molar-refractivity contribution in [1.82, 2.24) is 4.57 Å². The van der Waals surface area contributed by atoms with Gasteiger partial charge in [-0.25, -0.2) is 0 Å². The molecule has 0 aliphatic heterocycles. The molecule has 4 aromatic rings. The highest BCUT2D eigenvalue weighted by Crippen LogP contribution is 2.31.